The predicted octanol–water partition coefficient (Wildman–Crippen LogP) is 2.28. The standard InChI is InChI=1S/C20H28N8O3S2/c1-4-21-17-24-18(22-5-2)28-19(25-17)26-27-20(28)32-10-13(29)23-15-14(16(30)31-6-3)11-8-7-9-12(11)33-15/h11-12H,4-10H2,1-3H3,(H,23,29)(H2,21,22,24,25,26)/t11-,12-/m0/s1. The fourth-order valence-corrected chi connectivity index (χ4v) is 6.31. The summed E-state index contributed by atoms with van der Waals surface area (Å²) in [6.07, 6.45) is 3.09. The number of thioether (sulfide) groups is 2. The second kappa shape index (κ2) is 10.6. The lowest BCUT2D eigenvalue weighted by molar-refractivity contribution is -0.139. The van der Waals surface area contributed by atoms with E-state index in [0.717, 1.165) is 19.3 Å². The SMILES string of the molecule is CCNc1nc(NCC)n2c(SCC(=O)NC3=C(C(=O)OCC)[C@H]4CCC[C@@H]4S3)nnc2n1. The Labute approximate surface area is 200 Å². The van der Waals surface area contributed by atoms with E-state index in [1.54, 1.807) is 23.1 Å². The van der Waals surface area contributed by atoms with Gasteiger partial charge in [0.05, 0.1) is 23.0 Å². The van der Waals surface area contributed by atoms with E-state index in [9.17, 15) is 9.59 Å². The van der Waals surface area contributed by atoms with Gasteiger partial charge in [-0.05, 0) is 33.6 Å². The largest absolute Gasteiger partial charge is 0.463 e. The van der Waals surface area contributed by atoms with Gasteiger partial charge >= 0.3 is 5.97 Å². The molecule has 13 heteroatoms. The number of carbonyl (C=O) groups excluding carboxylic acids is 2. The monoisotopic (exact) mass is 492 g/mol. The van der Waals surface area contributed by atoms with Crippen molar-refractivity contribution < 1.29 is 14.3 Å². The van der Waals surface area contributed by atoms with E-state index in [-0.39, 0.29) is 23.5 Å². The Morgan fingerprint density at radius 1 is 1.15 bits per heavy atom. The Morgan fingerprint density at radius 2 is 1.97 bits per heavy atom. The van der Waals surface area contributed by atoms with Gasteiger partial charge in [-0.3, -0.25) is 4.79 Å². The molecule has 4 rings (SSSR count). The summed E-state index contributed by atoms with van der Waals surface area (Å²) in [7, 11) is 0. The van der Waals surface area contributed by atoms with Crippen LogP contribution in [-0.4, -0.2) is 67.1 Å². The van der Waals surface area contributed by atoms with Gasteiger partial charge in [0.1, 0.15) is 0 Å². The van der Waals surface area contributed by atoms with Crippen molar-refractivity contribution in [2.75, 3.05) is 36.1 Å². The van der Waals surface area contributed by atoms with E-state index in [4.69, 9.17) is 4.74 Å². The number of aromatic nitrogens is 5. The Kier molecular flexibility index (Phi) is 7.58. The van der Waals surface area contributed by atoms with E-state index in [1.165, 1.54) is 11.8 Å². The van der Waals surface area contributed by atoms with Crippen LogP contribution in [0.4, 0.5) is 11.9 Å². The molecule has 3 N–H and O–H groups in total. The highest BCUT2D eigenvalue weighted by Gasteiger charge is 2.43. The van der Waals surface area contributed by atoms with Crippen molar-refractivity contribution in [3.05, 3.63) is 10.6 Å². The molecule has 2 aliphatic rings. The van der Waals surface area contributed by atoms with E-state index in [0.29, 0.717) is 58.4 Å². The average Bonchev–Trinajstić information content (AvgIpc) is 3.47. The highest BCUT2D eigenvalue weighted by Crippen LogP contribution is 2.49. The maximum atomic E-state index is 12.8. The van der Waals surface area contributed by atoms with Crippen molar-refractivity contribution in [3.8, 4) is 0 Å². The van der Waals surface area contributed by atoms with Crippen molar-refractivity contribution in [2.45, 2.75) is 50.4 Å². The summed E-state index contributed by atoms with van der Waals surface area (Å²) in [4.78, 5) is 34.2. The van der Waals surface area contributed by atoms with Gasteiger partial charge in [-0.25, -0.2) is 9.20 Å². The lowest BCUT2D eigenvalue weighted by atomic mass is 9.98. The van der Waals surface area contributed by atoms with Crippen LogP contribution in [0, 0.1) is 5.92 Å². The number of nitrogens with one attached hydrogen (secondary N) is 3. The zero-order valence-corrected chi connectivity index (χ0v) is 20.5. The molecule has 2 aromatic rings. The molecule has 0 spiro atoms. The van der Waals surface area contributed by atoms with E-state index in [2.05, 4.69) is 36.1 Å². The molecule has 0 bridgehead atoms. The second-order valence-corrected chi connectivity index (χ2v) is 9.74. The fourth-order valence-electron chi connectivity index (χ4n) is 4.02. The molecule has 33 heavy (non-hydrogen) atoms. The predicted molar refractivity (Wildman–Crippen MR) is 128 cm³/mol. The summed E-state index contributed by atoms with van der Waals surface area (Å²) >= 11 is 2.82. The molecule has 178 valence electrons. The van der Waals surface area contributed by atoms with Crippen molar-refractivity contribution >= 4 is 53.1 Å². The Morgan fingerprint density at radius 3 is 2.73 bits per heavy atom. The number of esters is 1. The Balaban J connectivity index is 1.48. The molecule has 1 amide bonds. The molecule has 1 aliphatic heterocycles. The number of nitrogens with zero attached hydrogens (tertiary/aromatic N) is 5. The number of anilines is 2. The van der Waals surface area contributed by atoms with Gasteiger partial charge in [0.2, 0.25) is 17.8 Å². The average molecular weight is 493 g/mol. The first-order valence-electron chi connectivity index (χ1n) is 11.2. The third-order valence-corrected chi connectivity index (χ3v) is 7.69. The summed E-state index contributed by atoms with van der Waals surface area (Å²) in [6, 6.07) is 0. The van der Waals surface area contributed by atoms with Crippen LogP contribution < -0.4 is 16.0 Å². The molecule has 0 radical (unpaired) electrons. The van der Waals surface area contributed by atoms with Crippen molar-refractivity contribution in [1.29, 1.82) is 0 Å². The molecular formula is C20H28N8O3S2. The zero-order valence-electron chi connectivity index (χ0n) is 18.9. The lowest BCUT2D eigenvalue weighted by Gasteiger charge is -2.12. The minimum atomic E-state index is -0.324. The van der Waals surface area contributed by atoms with Gasteiger partial charge in [0.25, 0.3) is 5.78 Å². The number of hydrogen-bond acceptors (Lipinski definition) is 11. The van der Waals surface area contributed by atoms with E-state index < -0.39 is 0 Å². The molecule has 11 nitrogen and oxygen atoms in total. The number of carbonyl (C=O) groups is 2. The third kappa shape index (κ3) is 5.03. The zero-order chi connectivity index (χ0) is 23.4. The fraction of sp³-hybridized carbons (Fsp3) is 0.600. The third-order valence-electron chi connectivity index (χ3n) is 5.33. The first kappa shape index (κ1) is 23.6. The van der Waals surface area contributed by atoms with Crippen molar-refractivity contribution in [1.82, 2.24) is 29.9 Å². The maximum Gasteiger partial charge on any atom is 0.336 e. The van der Waals surface area contributed by atoms with Crippen LogP contribution in [0.25, 0.3) is 5.78 Å². The molecule has 1 aliphatic carbocycles. The van der Waals surface area contributed by atoms with Crippen molar-refractivity contribution in [2.24, 2.45) is 5.92 Å². The van der Waals surface area contributed by atoms with Crippen molar-refractivity contribution in [3.63, 3.8) is 0 Å². The summed E-state index contributed by atoms with van der Waals surface area (Å²) in [5.74, 6) is 1.14. The van der Waals surface area contributed by atoms with Crippen LogP contribution in [-0.2, 0) is 14.3 Å². The first-order chi connectivity index (χ1) is 16.0. The van der Waals surface area contributed by atoms with Crippen LogP contribution >= 0.6 is 23.5 Å². The second-order valence-electron chi connectivity index (χ2n) is 7.54. The quantitative estimate of drug-likeness (QED) is 0.333. The highest BCUT2D eigenvalue weighted by molar-refractivity contribution is 8.04. The lowest BCUT2D eigenvalue weighted by Crippen LogP contribution is -2.26. The first-order valence-corrected chi connectivity index (χ1v) is 13.0. The molecule has 2 aromatic heterocycles. The number of hydrogen-bond donors (Lipinski definition) is 3. The Hall–Kier alpha value is -2.54. The summed E-state index contributed by atoms with van der Waals surface area (Å²) in [5, 5.41) is 19.0. The minimum Gasteiger partial charge on any atom is -0.463 e. The molecule has 0 unspecified atom stereocenters. The van der Waals surface area contributed by atoms with Crippen LogP contribution in [0.3, 0.4) is 0 Å². The smallest absolute Gasteiger partial charge is 0.336 e. The van der Waals surface area contributed by atoms with Crippen LogP contribution in [0.5, 0.6) is 0 Å². The molecule has 1 saturated carbocycles. The van der Waals surface area contributed by atoms with E-state index >= 15 is 0 Å². The van der Waals surface area contributed by atoms with Gasteiger partial charge in [-0.1, -0.05) is 18.2 Å². The summed E-state index contributed by atoms with van der Waals surface area (Å²) in [5.41, 5.74) is 0.620. The summed E-state index contributed by atoms with van der Waals surface area (Å²) < 4.78 is 6.96. The number of rotatable bonds is 10. The minimum absolute atomic E-state index is 0.108. The Bertz CT molecular complexity index is 1070. The van der Waals surface area contributed by atoms with Gasteiger partial charge in [-0.2, -0.15) is 9.97 Å². The van der Waals surface area contributed by atoms with Gasteiger partial charge < -0.3 is 20.7 Å². The molecule has 0 saturated heterocycles. The van der Waals surface area contributed by atoms with Gasteiger partial charge in [0, 0.05) is 24.3 Å². The van der Waals surface area contributed by atoms with Crippen LogP contribution in [0.1, 0.15) is 40.0 Å². The highest BCUT2D eigenvalue weighted by atomic mass is 32.2. The topological polar surface area (TPSA) is 135 Å². The molecule has 2 atom stereocenters. The molecule has 1 fully saturated rings. The summed E-state index contributed by atoms with van der Waals surface area (Å²) in [6.45, 7) is 7.37. The van der Waals surface area contributed by atoms with Gasteiger partial charge in [0.15, 0.2) is 5.16 Å². The van der Waals surface area contributed by atoms with Crippen LogP contribution in [0.15, 0.2) is 15.8 Å². The maximum absolute atomic E-state index is 12.8. The molecule has 0 aromatic carbocycles. The van der Waals surface area contributed by atoms with Gasteiger partial charge in [-0.15, -0.1) is 22.0 Å². The van der Waals surface area contributed by atoms with E-state index in [1.807, 2.05) is 13.8 Å². The number of ether oxygens (including phenoxy) is 1. The number of amides is 1. The number of fused-ring (bicyclic) bond motifs is 2. The van der Waals surface area contributed by atoms with Crippen LogP contribution in [0.2, 0.25) is 0 Å². The molecular weight excluding hydrogens is 464 g/mol. The molecule has 3 heterocycles. The normalized spacial score (nSPS) is 19.6.